The van der Waals surface area contributed by atoms with Crippen LogP contribution in [-0.2, 0) is 9.53 Å². The van der Waals surface area contributed by atoms with Gasteiger partial charge in [-0.15, -0.1) is 0 Å². The summed E-state index contributed by atoms with van der Waals surface area (Å²) < 4.78 is 6.50. The summed E-state index contributed by atoms with van der Waals surface area (Å²) in [6.45, 7) is 4.21. The second-order valence-electron chi connectivity index (χ2n) is 2.93. The highest BCUT2D eigenvalue weighted by molar-refractivity contribution is 5.73. The van der Waals surface area contributed by atoms with Crippen molar-refractivity contribution < 1.29 is 9.53 Å². The van der Waals surface area contributed by atoms with E-state index < -0.39 is 0 Å². The zero-order valence-electron chi connectivity index (χ0n) is 8.51. The summed E-state index contributed by atoms with van der Waals surface area (Å²) in [6.07, 6.45) is 4.59. The Labute approximate surface area is 83.1 Å². The van der Waals surface area contributed by atoms with Gasteiger partial charge in [0.1, 0.15) is 12.7 Å². The summed E-state index contributed by atoms with van der Waals surface area (Å²) in [5, 5.41) is 3.94. The Morgan fingerprint density at radius 2 is 2.36 bits per heavy atom. The smallest absolute Gasteiger partial charge is 0.330 e. The number of aromatic nitrogens is 3. The van der Waals surface area contributed by atoms with Gasteiger partial charge in [-0.2, -0.15) is 5.10 Å². The van der Waals surface area contributed by atoms with E-state index in [1.54, 1.807) is 11.6 Å². The van der Waals surface area contributed by atoms with Crippen LogP contribution < -0.4 is 0 Å². The summed E-state index contributed by atoms with van der Waals surface area (Å²) in [4.78, 5) is 15.3. The van der Waals surface area contributed by atoms with Crippen molar-refractivity contribution in [2.24, 2.45) is 0 Å². The molecule has 14 heavy (non-hydrogen) atoms. The van der Waals surface area contributed by atoms with E-state index in [1.165, 1.54) is 12.7 Å². The normalized spacial score (nSPS) is 12.4. The fourth-order valence-corrected chi connectivity index (χ4v) is 1.25. The number of rotatable bonds is 5. The van der Waals surface area contributed by atoms with Crippen molar-refractivity contribution in [3.63, 3.8) is 0 Å². The van der Waals surface area contributed by atoms with E-state index in [1.807, 2.05) is 6.92 Å². The molecule has 1 heterocycles. The van der Waals surface area contributed by atoms with E-state index in [-0.39, 0.29) is 12.0 Å². The number of ether oxygens (including phenoxy) is 1. The minimum Gasteiger partial charge on any atom is -0.464 e. The van der Waals surface area contributed by atoms with Gasteiger partial charge in [0.15, 0.2) is 6.04 Å². The van der Waals surface area contributed by atoms with Crippen molar-refractivity contribution in [2.45, 2.75) is 32.7 Å². The van der Waals surface area contributed by atoms with Gasteiger partial charge >= 0.3 is 5.97 Å². The Kier molecular flexibility index (Phi) is 4.10. The van der Waals surface area contributed by atoms with E-state index in [9.17, 15) is 4.79 Å². The molecule has 1 unspecified atom stereocenters. The third kappa shape index (κ3) is 2.55. The van der Waals surface area contributed by atoms with E-state index in [2.05, 4.69) is 10.1 Å². The summed E-state index contributed by atoms with van der Waals surface area (Å²) in [6, 6.07) is -0.331. The molecule has 0 saturated carbocycles. The number of hydrogen-bond donors (Lipinski definition) is 0. The van der Waals surface area contributed by atoms with Crippen LogP contribution >= 0.6 is 0 Å². The summed E-state index contributed by atoms with van der Waals surface area (Å²) >= 11 is 0. The zero-order chi connectivity index (χ0) is 10.4. The highest BCUT2D eigenvalue weighted by Crippen LogP contribution is 2.13. The number of carbonyl (C=O) groups is 1. The molecular formula is C9H15N3O2. The van der Waals surface area contributed by atoms with E-state index in [0.717, 1.165) is 12.8 Å². The number of hydrogen-bond acceptors (Lipinski definition) is 4. The van der Waals surface area contributed by atoms with Crippen molar-refractivity contribution in [2.75, 3.05) is 6.61 Å². The fraction of sp³-hybridized carbons (Fsp3) is 0.667. The average molecular weight is 197 g/mol. The van der Waals surface area contributed by atoms with E-state index >= 15 is 0 Å². The van der Waals surface area contributed by atoms with Crippen LogP contribution in [0.5, 0.6) is 0 Å². The summed E-state index contributed by atoms with van der Waals surface area (Å²) in [7, 11) is 0. The van der Waals surface area contributed by atoms with Gasteiger partial charge < -0.3 is 4.74 Å². The predicted octanol–water partition coefficient (Wildman–Crippen LogP) is 1.18. The predicted molar refractivity (Wildman–Crippen MR) is 50.6 cm³/mol. The molecule has 78 valence electrons. The van der Waals surface area contributed by atoms with Crippen LogP contribution in [0.4, 0.5) is 0 Å². The molecule has 0 spiro atoms. The fourth-order valence-electron chi connectivity index (χ4n) is 1.25. The maximum absolute atomic E-state index is 11.5. The van der Waals surface area contributed by atoms with Crippen molar-refractivity contribution in [1.82, 2.24) is 14.8 Å². The largest absolute Gasteiger partial charge is 0.464 e. The Morgan fingerprint density at radius 1 is 1.57 bits per heavy atom. The molecule has 0 amide bonds. The Hall–Kier alpha value is -1.39. The third-order valence-corrected chi connectivity index (χ3v) is 1.88. The molecule has 1 aromatic rings. The Bertz CT molecular complexity index is 272. The van der Waals surface area contributed by atoms with Crippen molar-refractivity contribution >= 4 is 5.97 Å². The molecule has 1 rings (SSSR count). The molecule has 0 N–H and O–H groups in total. The monoisotopic (exact) mass is 197 g/mol. The molecule has 0 radical (unpaired) electrons. The maximum atomic E-state index is 11.5. The highest BCUT2D eigenvalue weighted by Gasteiger charge is 2.20. The Balaban J connectivity index is 2.69. The van der Waals surface area contributed by atoms with Crippen LogP contribution in [0.15, 0.2) is 12.7 Å². The Morgan fingerprint density at radius 3 is 2.86 bits per heavy atom. The quantitative estimate of drug-likeness (QED) is 0.665. The van der Waals surface area contributed by atoms with Crippen molar-refractivity contribution in [3.05, 3.63) is 12.7 Å². The first kappa shape index (κ1) is 10.7. The molecule has 5 nitrogen and oxygen atoms in total. The van der Waals surface area contributed by atoms with Gasteiger partial charge in [-0.25, -0.2) is 14.5 Å². The van der Waals surface area contributed by atoms with Crippen molar-refractivity contribution in [3.8, 4) is 0 Å². The molecule has 5 heteroatoms. The van der Waals surface area contributed by atoms with Crippen LogP contribution in [-0.4, -0.2) is 27.3 Å². The first-order chi connectivity index (χ1) is 6.79. The molecule has 0 aliphatic rings. The maximum Gasteiger partial charge on any atom is 0.330 e. The van der Waals surface area contributed by atoms with E-state index in [4.69, 9.17) is 4.74 Å². The number of nitrogens with zero attached hydrogens (tertiary/aromatic N) is 3. The minimum atomic E-state index is -0.331. The lowest BCUT2D eigenvalue weighted by Crippen LogP contribution is -2.22. The van der Waals surface area contributed by atoms with Gasteiger partial charge in [0, 0.05) is 0 Å². The molecule has 0 aliphatic heterocycles. The van der Waals surface area contributed by atoms with Gasteiger partial charge in [-0.3, -0.25) is 0 Å². The molecule has 0 bridgehead atoms. The molecule has 0 aromatic carbocycles. The van der Waals surface area contributed by atoms with Crippen LogP contribution in [0.3, 0.4) is 0 Å². The van der Waals surface area contributed by atoms with Crippen LogP contribution in [0.25, 0.3) is 0 Å². The SMILES string of the molecule is CCCC(C(=O)OCC)n1cncn1. The van der Waals surface area contributed by atoms with Gasteiger partial charge in [0.25, 0.3) is 0 Å². The average Bonchev–Trinajstić information content (AvgIpc) is 2.67. The van der Waals surface area contributed by atoms with Crippen LogP contribution in [0.1, 0.15) is 32.7 Å². The molecule has 1 atom stereocenters. The minimum absolute atomic E-state index is 0.236. The topological polar surface area (TPSA) is 57.0 Å². The van der Waals surface area contributed by atoms with Gasteiger partial charge in [-0.1, -0.05) is 13.3 Å². The van der Waals surface area contributed by atoms with Crippen molar-refractivity contribution in [1.29, 1.82) is 0 Å². The molecular weight excluding hydrogens is 182 g/mol. The van der Waals surface area contributed by atoms with Gasteiger partial charge in [0.2, 0.25) is 0 Å². The van der Waals surface area contributed by atoms with Crippen LogP contribution in [0, 0.1) is 0 Å². The number of esters is 1. The van der Waals surface area contributed by atoms with Gasteiger partial charge in [-0.05, 0) is 13.3 Å². The lowest BCUT2D eigenvalue weighted by atomic mass is 10.2. The lowest BCUT2D eigenvalue weighted by Gasteiger charge is -2.13. The zero-order valence-corrected chi connectivity index (χ0v) is 8.51. The number of carbonyl (C=O) groups excluding carboxylic acids is 1. The third-order valence-electron chi connectivity index (χ3n) is 1.88. The highest BCUT2D eigenvalue weighted by atomic mass is 16.5. The second-order valence-corrected chi connectivity index (χ2v) is 2.93. The lowest BCUT2D eigenvalue weighted by molar-refractivity contribution is -0.147. The second kappa shape index (κ2) is 5.36. The molecule has 1 aromatic heterocycles. The molecule has 0 saturated heterocycles. The standard InChI is InChI=1S/C9H15N3O2/c1-3-5-8(9(13)14-4-2)12-7-10-6-11-12/h6-8H,3-5H2,1-2H3. The van der Waals surface area contributed by atoms with E-state index in [0.29, 0.717) is 6.61 Å². The first-order valence-corrected chi connectivity index (χ1v) is 4.80. The first-order valence-electron chi connectivity index (χ1n) is 4.80. The summed E-state index contributed by atoms with van der Waals surface area (Å²) in [5.41, 5.74) is 0. The van der Waals surface area contributed by atoms with Crippen LogP contribution in [0.2, 0.25) is 0 Å². The molecule has 0 fully saturated rings. The molecule has 0 aliphatic carbocycles. The van der Waals surface area contributed by atoms with Gasteiger partial charge in [0.05, 0.1) is 6.61 Å². The summed E-state index contributed by atoms with van der Waals surface area (Å²) in [5.74, 6) is -0.236.